The van der Waals surface area contributed by atoms with Crippen LogP contribution in [0.3, 0.4) is 0 Å². The van der Waals surface area contributed by atoms with Crippen molar-refractivity contribution >= 4 is 0 Å². The van der Waals surface area contributed by atoms with Crippen molar-refractivity contribution in [3.8, 4) is 5.75 Å². The van der Waals surface area contributed by atoms with E-state index < -0.39 is 19.1 Å². The van der Waals surface area contributed by atoms with Crippen molar-refractivity contribution in [1.82, 2.24) is 4.90 Å². The minimum Gasteiger partial charge on any atom is -0.405 e. The highest BCUT2D eigenvalue weighted by atomic mass is 19.4. The Bertz CT molecular complexity index is 491. The maximum absolute atomic E-state index is 12.4. The molecule has 2 nitrogen and oxygen atoms in total. The predicted molar refractivity (Wildman–Crippen MR) is 67.6 cm³/mol. The molecule has 0 atom stereocenters. The Labute approximate surface area is 123 Å². The summed E-state index contributed by atoms with van der Waals surface area (Å²) in [5.74, 6) is -0.507. The van der Waals surface area contributed by atoms with Crippen LogP contribution < -0.4 is 4.74 Å². The van der Waals surface area contributed by atoms with Gasteiger partial charge in [-0.15, -0.1) is 13.2 Å². The van der Waals surface area contributed by atoms with Crippen LogP contribution in [-0.4, -0.2) is 37.1 Å². The fraction of sp³-hybridized carbons (Fsp3) is 0.571. The number of benzene rings is 1. The van der Waals surface area contributed by atoms with E-state index in [9.17, 15) is 26.3 Å². The summed E-state index contributed by atoms with van der Waals surface area (Å²) in [7, 11) is 0. The first-order valence-electron chi connectivity index (χ1n) is 6.78. The Kier molecular flexibility index (Phi) is 4.89. The van der Waals surface area contributed by atoms with Gasteiger partial charge < -0.3 is 4.74 Å². The monoisotopic (exact) mass is 327 g/mol. The highest BCUT2D eigenvalue weighted by Crippen LogP contribution is 2.36. The van der Waals surface area contributed by atoms with Gasteiger partial charge in [0.25, 0.3) is 0 Å². The number of likely N-dealkylation sites (tertiary alicyclic amines) is 1. The number of hydrogen-bond acceptors (Lipinski definition) is 2. The first-order chi connectivity index (χ1) is 10.1. The molecule has 1 heterocycles. The third-order valence-corrected chi connectivity index (χ3v) is 3.57. The van der Waals surface area contributed by atoms with Crippen molar-refractivity contribution in [2.45, 2.75) is 31.3 Å². The molecule has 0 aromatic heterocycles. The molecule has 1 fully saturated rings. The van der Waals surface area contributed by atoms with Crippen LogP contribution in [0.25, 0.3) is 0 Å². The smallest absolute Gasteiger partial charge is 0.405 e. The second-order valence-corrected chi connectivity index (χ2v) is 5.25. The molecule has 1 aromatic rings. The molecule has 0 unspecified atom stereocenters. The van der Waals surface area contributed by atoms with Crippen LogP contribution in [-0.2, 0) is 0 Å². The second kappa shape index (κ2) is 6.36. The number of rotatable bonds is 3. The van der Waals surface area contributed by atoms with Gasteiger partial charge in [-0.1, -0.05) is 18.2 Å². The first-order valence-corrected chi connectivity index (χ1v) is 6.78. The Balaban J connectivity index is 2.02. The van der Waals surface area contributed by atoms with Gasteiger partial charge in [0.15, 0.2) is 0 Å². The lowest BCUT2D eigenvalue weighted by Gasteiger charge is -2.33. The van der Waals surface area contributed by atoms with Crippen LogP contribution in [0.2, 0.25) is 0 Å². The van der Waals surface area contributed by atoms with Gasteiger partial charge in [0.2, 0.25) is 0 Å². The number of hydrogen-bond donors (Lipinski definition) is 0. The molecular weight excluding hydrogens is 312 g/mol. The Morgan fingerprint density at radius 2 is 1.59 bits per heavy atom. The molecule has 2 rings (SSSR count). The second-order valence-electron chi connectivity index (χ2n) is 5.25. The fourth-order valence-corrected chi connectivity index (χ4v) is 2.69. The van der Waals surface area contributed by atoms with E-state index in [1.165, 1.54) is 23.1 Å². The summed E-state index contributed by atoms with van der Waals surface area (Å²) < 4.78 is 78.1. The van der Waals surface area contributed by atoms with Crippen LogP contribution in [0.5, 0.6) is 5.75 Å². The lowest BCUT2D eigenvalue weighted by atomic mass is 9.89. The molecular formula is C14H15F6NO. The number of piperidine rings is 1. The van der Waals surface area contributed by atoms with Crippen LogP contribution in [0.15, 0.2) is 24.3 Å². The summed E-state index contributed by atoms with van der Waals surface area (Å²) >= 11 is 0. The van der Waals surface area contributed by atoms with Crippen molar-refractivity contribution in [3.05, 3.63) is 29.8 Å². The highest BCUT2D eigenvalue weighted by Gasteiger charge is 2.35. The maximum atomic E-state index is 12.4. The predicted octanol–water partition coefficient (Wildman–Crippen LogP) is 4.33. The van der Waals surface area contributed by atoms with Gasteiger partial charge in [0.05, 0.1) is 6.54 Å². The van der Waals surface area contributed by atoms with Gasteiger partial charge in [-0.3, -0.25) is 4.90 Å². The lowest BCUT2D eigenvalue weighted by Crippen LogP contribution is -2.39. The summed E-state index contributed by atoms with van der Waals surface area (Å²) in [5.41, 5.74) is 0.395. The number of para-hydroxylation sites is 1. The summed E-state index contributed by atoms with van der Waals surface area (Å²) in [6, 6.07) is 5.79. The number of nitrogens with zero attached hydrogens (tertiary/aromatic N) is 1. The first kappa shape index (κ1) is 16.9. The summed E-state index contributed by atoms with van der Waals surface area (Å²) in [5, 5.41) is 0. The SMILES string of the molecule is FC(F)(F)CN1CCC(c2ccccc2OC(F)(F)F)CC1. The van der Waals surface area contributed by atoms with Crippen LogP contribution >= 0.6 is 0 Å². The van der Waals surface area contributed by atoms with E-state index in [-0.39, 0.29) is 24.8 Å². The largest absolute Gasteiger partial charge is 0.573 e. The standard InChI is InChI=1S/C14H15F6NO/c15-13(16,17)9-21-7-5-10(6-8-21)11-3-1-2-4-12(11)22-14(18,19)20/h1-4,10H,5-9H2. The Morgan fingerprint density at radius 1 is 1.00 bits per heavy atom. The zero-order valence-corrected chi connectivity index (χ0v) is 11.5. The average molecular weight is 327 g/mol. The minimum atomic E-state index is -4.78. The van der Waals surface area contributed by atoms with Crippen LogP contribution in [0.1, 0.15) is 24.3 Å². The van der Waals surface area contributed by atoms with E-state index in [1.54, 1.807) is 6.07 Å². The molecule has 22 heavy (non-hydrogen) atoms. The van der Waals surface area contributed by atoms with Crippen molar-refractivity contribution in [2.75, 3.05) is 19.6 Å². The number of alkyl halides is 6. The van der Waals surface area contributed by atoms with E-state index >= 15 is 0 Å². The number of ether oxygens (including phenoxy) is 1. The van der Waals surface area contributed by atoms with Crippen LogP contribution in [0, 0.1) is 0 Å². The van der Waals surface area contributed by atoms with Crippen molar-refractivity contribution < 1.29 is 31.1 Å². The van der Waals surface area contributed by atoms with Gasteiger partial charge in [-0.25, -0.2) is 0 Å². The minimum absolute atomic E-state index is 0.199. The lowest BCUT2D eigenvalue weighted by molar-refractivity contribution is -0.275. The van der Waals surface area contributed by atoms with Crippen molar-refractivity contribution in [1.29, 1.82) is 0 Å². The topological polar surface area (TPSA) is 12.5 Å². The molecule has 0 radical (unpaired) electrons. The Hall–Kier alpha value is -1.44. The van der Waals surface area contributed by atoms with Crippen molar-refractivity contribution in [2.24, 2.45) is 0 Å². The molecule has 0 bridgehead atoms. The zero-order chi connectivity index (χ0) is 16.4. The molecule has 0 aliphatic carbocycles. The van der Waals surface area contributed by atoms with E-state index in [0.29, 0.717) is 18.4 Å². The van der Waals surface area contributed by atoms with E-state index in [0.717, 1.165) is 0 Å². The Morgan fingerprint density at radius 3 is 2.14 bits per heavy atom. The fourth-order valence-electron chi connectivity index (χ4n) is 2.69. The number of halogens is 6. The van der Waals surface area contributed by atoms with E-state index in [2.05, 4.69) is 4.74 Å². The summed E-state index contributed by atoms with van der Waals surface area (Å²) in [6.07, 6.45) is -8.31. The quantitative estimate of drug-likeness (QED) is 0.766. The molecule has 8 heteroatoms. The summed E-state index contributed by atoms with van der Waals surface area (Å²) in [4.78, 5) is 1.27. The average Bonchev–Trinajstić information content (AvgIpc) is 2.37. The summed E-state index contributed by atoms with van der Waals surface area (Å²) in [6.45, 7) is -0.588. The van der Waals surface area contributed by atoms with Gasteiger partial charge in [-0.2, -0.15) is 13.2 Å². The van der Waals surface area contributed by atoms with Gasteiger partial charge >= 0.3 is 12.5 Å². The van der Waals surface area contributed by atoms with Gasteiger partial charge in [0, 0.05) is 0 Å². The maximum Gasteiger partial charge on any atom is 0.573 e. The molecule has 1 aliphatic heterocycles. The zero-order valence-electron chi connectivity index (χ0n) is 11.5. The van der Waals surface area contributed by atoms with Gasteiger partial charge in [-0.05, 0) is 43.5 Å². The molecule has 1 aromatic carbocycles. The van der Waals surface area contributed by atoms with Crippen molar-refractivity contribution in [3.63, 3.8) is 0 Å². The van der Waals surface area contributed by atoms with Gasteiger partial charge in [0.1, 0.15) is 5.75 Å². The molecule has 0 amide bonds. The third kappa shape index (κ3) is 5.08. The normalized spacial score (nSPS) is 18.5. The molecule has 124 valence electrons. The molecule has 0 spiro atoms. The van der Waals surface area contributed by atoms with Crippen LogP contribution in [0.4, 0.5) is 26.3 Å². The highest BCUT2D eigenvalue weighted by molar-refractivity contribution is 5.36. The van der Waals surface area contributed by atoms with E-state index in [4.69, 9.17) is 0 Å². The van der Waals surface area contributed by atoms with E-state index in [1.807, 2.05) is 0 Å². The molecule has 0 N–H and O–H groups in total. The molecule has 1 aliphatic rings. The third-order valence-electron chi connectivity index (χ3n) is 3.57. The molecule has 1 saturated heterocycles. The molecule has 0 saturated carbocycles.